The van der Waals surface area contributed by atoms with Gasteiger partial charge in [-0.3, -0.25) is 4.79 Å². The molecule has 7 nitrogen and oxygen atoms in total. The lowest BCUT2D eigenvalue weighted by Crippen LogP contribution is -2.33. The van der Waals surface area contributed by atoms with E-state index in [1.165, 1.54) is 12.3 Å². The van der Waals surface area contributed by atoms with E-state index in [-0.39, 0.29) is 24.6 Å². The van der Waals surface area contributed by atoms with Gasteiger partial charge in [0.05, 0.1) is 12.0 Å². The lowest BCUT2D eigenvalue weighted by Gasteiger charge is -2.30. The van der Waals surface area contributed by atoms with E-state index in [0.717, 1.165) is 19.4 Å². The standard InChI is InChI=1S/C22H25FN4O3/c1-14(2)17-5-3-11-27(17)18-8-7-15(13-16(18)23)24-20(28)9-10-21-25-22(26-30-21)19-6-4-12-29-19/h4,6-8,12-14,17H,3,5,9-11H2,1-2H3,(H,24,28)/t17-/m0/s1. The van der Waals surface area contributed by atoms with Crippen LogP contribution in [0.1, 0.15) is 39.0 Å². The van der Waals surface area contributed by atoms with Crippen LogP contribution in [0.15, 0.2) is 45.5 Å². The lowest BCUT2D eigenvalue weighted by atomic mass is 10.0. The van der Waals surface area contributed by atoms with Crippen molar-refractivity contribution in [2.75, 3.05) is 16.8 Å². The second-order valence-electron chi connectivity index (χ2n) is 7.85. The molecule has 8 heteroatoms. The summed E-state index contributed by atoms with van der Waals surface area (Å²) < 4.78 is 25.1. The first-order chi connectivity index (χ1) is 14.5. The molecular weight excluding hydrogens is 387 g/mol. The van der Waals surface area contributed by atoms with Gasteiger partial charge in [-0.1, -0.05) is 19.0 Å². The topological polar surface area (TPSA) is 84.4 Å². The van der Waals surface area contributed by atoms with Gasteiger partial charge in [-0.15, -0.1) is 0 Å². The Kier molecular flexibility index (Phi) is 5.83. The number of benzene rings is 1. The van der Waals surface area contributed by atoms with Crippen LogP contribution in [-0.2, 0) is 11.2 Å². The van der Waals surface area contributed by atoms with Crippen molar-refractivity contribution < 1.29 is 18.1 Å². The zero-order valence-corrected chi connectivity index (χ0v) is 17.1. The third kappa shape index (κ3) is 4.37. The first kappa shape index (κ1) is 20.1. The van der Waals surface area contributed by atoms with E-state index in [1.54, 1.807) is 24.3 Å². The van der Waals surface area contributed by atoms with E-state index in [9.17, 15) is 9.18 Å². The van der Waals surface area contributed by atoms with Gasteiger partial charge in [0.15, 0.2) is 5.76 Å². The van der Waals surface area contributed by atoms with E-state index in [4.69, 9.17) is 8.94 Å². The van der Waals surface area contributed by atoms with Crippen LogP contribution < -0.4 is 10.2 Å². The number of nitrogens with zero attached hydrogens (tertiary/aromatic N) is 3. The van der Waals surface area contributed by atoms with Gasteiger partial charge in [0.1, 0.15) is 5.82 Å². The number of aromatic nitrogens is 2. The number of nitrogens with one attached hydrogen (secondary N) is 1. The van der Waals surface area contributed by atoms with E-state index < -0.39 is 0 Å². The number of hydrogen-bond acceptors (Lipinski definition) is 6. The molecule has 1 aliphatic rings. The maximum atomic E-state index is 14.7. The summed E-state index contributed by atoms with van der Waals surface area (Å²) in [5.74, 6) is 1.08. The molecule has 1 aliphatic heterocycles. The second-order valence-corrected chi connectivity index (χ2v) is 7.85. The van der Waals surface area contributed by atoms with Crippen LogP contribution in [-0.4, -0.2) is 28.6 Å². The van der Waals surface area contributed by atoms with Crippen LogP contribution in [0, 0.1) is 11.7 Å². The van der Waals surface area contributed by atoms with Gasteiger partial charge in [0.2, 0.25) is 17.6 Å². The smallest absolute Gasteiger partial charge is 0.238 e. The summed E-state index contributed by atoms with van der Waals surface area (Å²) in [5, 5.41) is 6.57. The Balaban J connectivity index is 1.34. The van der Waals surface area contributed by atoms with Gasteiger partial charge >= 0.3 is 0 Å². The first-order valence-corrected chi connectivity index (χ1v) is 10.2. The van der Waals surface area contributed by atoms with Crippen LogP contribution in [0.25, 0.3) is 11.6 Å². The van der Waals surface area contributed by atoms with Crippen molar-refractivity contribution in [1.82, 2.24) is 10.1 Å². The maximum Gasteiger partial charge on any atom is 0.238 e. The monoisotopic (exact) mass is 412 g/mol. The molecule has 0 spiro atoms. The highest BCUT2D eigenvalue weighted by atomic mass is 19.1. The molecule has 0 radical (unpaired) electrons. The quantitative estimate of drug-likeness (QED) is 0.607. The molecule has 0 saturated carbocycles. The van der Waals surface area contributed by atoms with Crippen molar-refractivity contribution in [1.29, 1.82) is 0 Å². The number of amides is 1. The second kappa shape index (κ2) is 8.69. The summed E-state index contributed by atoms with van der Waals surface area (Å²) in [5.41, 5.74) is 1.03. The number of anilines is 2. The van der Waals surface area contributed by atoms with E-state index in [1.807, 2.05) is 0 Å². The van der Waals surface area contributed by atoms with Crippen LogP contribution in [0.4, 0.5) is 15.8 Å². The minimum atomic E-state index is -0.319. The molecule has 2 aromatic heterocycles. The fourth-order valence-electron chi connectivity index (χ4n) is 3.91. The summed E-state index contributed by atoms with van der Waals surface area (Å²) >= 11 is 0. The molecule has 0 unspecified atom stereocenters. The van der Waals surface area contributed by atoms with Crippen molar-refractivity contribution in [3.05, 3.63) is 48.3 Å². The van der Waals surface area contributed by atoms with Gasteiger partial charge in [0.25, 0.3) is 0 Å². The minimum absolute atomic E-state index is 0.144. The Hall–Kier alpha value is -3.16. The number of carbonyl (C=O) groups is 1. The molecule has 1 N–H and O–H groups in total. The van der Waals surface area contributed by atoms with Crippen LogP contribution in [0.5, 0.6) is 0 Å². The molecule has 1 aromatic carbocycles. The average Bonchev–Trinajstić information content (AvgIpc) is 3.47. The van der Waals surface area contributed by atoms with Crippen LogP contribution in [0.2, 0.25) is 0 Å². The van der Waals surface area contributed by atoms with Gasteiger partial charge in [-0.25, -0.2) is 4.39 Å². The van der Waals surface area contributed by atoms with Gasteiger partial charge in [-0.05, 0) is 49.1 Å². The minimum Gasteiger partial charge on any atom is -0.461 e. The van der Waals surface area contributed by atoms with Crippen molar-refractivity contribution >= 4 is 17.3 Å². The largest absolute Gasteiger partial charge is 0.461 e. The van der Waals surface area contributed by atoms with E-state index in [0.29, 0.717) is 40.8 Å². The number of halogens is 1. The molecule has 1 saturated heterocycles. The van der Waals surface area contributed by atoms with Gasteiger partial charge in [-0.2, -0.15) is 4.98 Å². The summed E-state index contributed by atoms with van der Waals surface area (Å²) in [4.78, 5) is 18.6. The Labute approximate surface area is 174 Å². The van der Waals surface area contributed by atoms with Gasteiger partial charge < -0.3 is 19.2 Å². The molecule has 1 amide bonds. The highest BCUT2D eigenvalue weighted by Crippen LogP contribution is 2.32. The normalized spacial score (nSPS) is 16.4. The Morgan fingerprint density at radius 1 is 1.37 bits per heavy atom. The zero-order chi connectivity index (χ0) is 21.1. The highest BCUT2D eigenvalue weighted by Gasteiger charge is 2.29. The van der Waals surface area contributed by atoms with Crippen LogP contribution >= 0.6 is 0 Å². The predicted octanol–water partition coefficient (Wildman–Crippen LogP) is 4.66. The Bertz CT molecular complexity index is 1000. The van der Waals surface area contributed by atoms with Crippen LogP contribution in [0.3, 0.4) is 0 Å². The lowest BCUT2D eigenvalue weighted by molar-refractivity contribution is -0.116. The molecule has 0 aliphatic carbocycles. The number of rotatable bonds is 7. The Morgan fingerprint density at radius 2 is 2.23 bits per heavy atom. The number of aryl methyl sites for hydroxylation is 1. The average molecular weight is 412 g/mol. The van der Waals surface area contributed by atoms with Crippen molar-refractivity contribution in [2.24, 2.45) is 5.92 Å². The molecule has 4 rings (SSSR count). The van der Waals surface area contributed by atoms with Crippen molar-refractivity contribution in [3.8, 4) is 11.6 Å². The SMILES string of the molecule is CC(C)[C@@H]1CCCN1c1ccc(NC(=O)CCc2nc(-c3ccco3)no2)cc1F. The van der Waals surface area contributed by atoms with E-state index >= 15 is 0 Å². The molecule has 3 heterocycles. The number of furan rings is 1. The summed E-state index contributed by atoms with van der Waals surface area (Å²) in [6.07, 6.45) is 4.09. The fourth-order valence-corrected chi connectivity index (χ4v) is 3.91. The molecule has 0 bridgehead atoms. The molecular formula is C22H25FN4O3. The highest BCUT2D eigenvalue weighted by molar-refractivity contribution is 5.91. The van der Waals surface area contributed by atoms with Crippen molar-refractivity contribution in [2.45, 2.75) is 45.6 Å². The zero-order valence-electron chi connectivity index (χ0n) is 17.1. The van der Waals surface area contributed by atoms with Crippen molar-refractivity contribution in [3.63, 3.8) is 0 Å². The predicted molar refractivity (Wildman–Crippen MR) is 111 cm³/mol. The molecule has 30 heavy (non-hydrogen) atoms. The third-order valence-corrected chi connectivity index (χ3v) is 5.39. The summed E-state index contributed by atoms with van der Waals surface area (Å²) in [6, 6.07) is 8.68. The summed E-state index contributed by atoms with van der Waals surface area (Å²) in [6.45, 7) is 5.18. The molecule has 1 fully saturated rings. The molecule has 1 atom stereocenters. The first-order valence-electron chi connectivity index (χ1n) is 10.2. The maximum absolute atomic E-state index is 14.7. The summed E-state index contributed by atoms with van der Waals surface area (Å²) in [7, 11) is 0. The molecule has 3 aromatic rings. The van der Waals surface area contributed by atoms with E-state index in [2.05, 4.69) is 34.2 Å². The fraction of sp³-hybridized carbons (Fsp3) is 0.409. The van der Waals surface area contributed by atoms with Gasteiger partial charge in [0, 0.05) is 31.1 Å². The molecule has 158 valence electrons. The third-order valence-electron chi connectivity index (χ3n) is 5.39. The Morgan fingerprint density at radius 3 is 2.97 bits per heavy atom. The number of hydrogen-bond donors (Lipinski definition) is 1. The number of carbonyl (C=O) groups excluding carboxylic acids is 1.